The summed E-state index contributed by atoms with van der Waals surface area (Å²) in [5, 5.41) is 20.3. The van der Waals surface area contributed by atoms with E-state index in [0.717, 1.165) is 4.88 Å². The lowest BCUT2D eigenvalue weighted by Gasteiger charge is -2.04. The number of aliphatic hydroxyl groups is 1. The van der Waals surface area contributed by atoms with Crippen LogP contribution in [-0.2, 0) is 0 Å². The van der Waals surface area contributed by atoms with Gasteiger partial charge in [0.25, 0.3) is 5.56 Å². The first-order valence-corrected chi connectivity index (χ1v) is 7.07. The van der Waals surface area contributed by atoms with Crippen LogP contribution in [0.15, 0.2) is 33.4 Å². The molecule has 0 amide bonds. The first kappa shape index (κ1) is 12.9. The Balaban J connectivity index is 2.47. The van der Waals surface area contributed by atoms with E-state index in [9.17, 15) is 4.79 Å². The van der Waals surface area contributed by atoms with Gasteiger partial charge in [-0.3, -0.25) is 4.79 Å². The number of rotatable bonds is 4. The molecule has 2 rings (SSSR count). The van der Waals surface area contributed by atoms with Crippen molar-refractivity contribution in [2.24, 2.45) is 0 Å². The Bertz CT molecular complexity index is 627. The number of hydrogen-bond donors (Lipinski definition) is 2. The number of aliphatic hydroxyl groups excluding tert-OH is 1. The number of nitrogens with one attached hydrogen (secondary N) is 1. The Kier molecular flexibility index (Phi) is 4.20. The highest BCUT2D eigenvalue weighted by Crippen LogP contribution is 2.25. The monoisotopic (exact) mass is 278 g/mol. The van der Waals surface area contributed by atoms with Crippen molar-refractivity contribution in [2.45, 2.75) is 5.03 Å². The Morgan fingerprint density at radius 2 is 2.39 bits per heavy atom. The number of thioether (sulfide) groups is 1. The number of H-pyrrole nitrogens is 1. The molecule has 0 aliphatic heterocycles. The van der Waals surface area contributed by atoms with Crippen molar-refractivity contribution in [3.05, 3.63) is 39.5 Å². The lowest BCUT2D eigenvalue weighted by molar-refractivity contribution is 0.322. The summed E-state index contributed by atoms with van der Waals surface area (Å²) in [5.74, 6) is 0.447. The van der Waals surface area contributed by atoms with Crippen LogP contribution in [0, 0.1) is 11.3 Å². The molecule has 2 aromatic heterocycles. The average Bonchev–Trinajstić information content (AvgIpc) is 2.90. The van der Waals surface area contributed by atoms with Gasteiger partial charge in [0.05, 0.1) is 22.8 Å². The maximum absolute atomic E-state index is 11.9. The third kappa shape index (κ3) is 2.64. The van der Waals surface area contributed by atoms with Gasteiger partial charge in [0, 0.05) is 10.6 Å². The fourth-order valence-electron chi connectivity index (χ4n) is 1.47. The van der Waals surface area contributed by atoms with Gasteiger partial charge in [-0.15, -0.1) is 23.1 Å². The van der Waals surface area contributed by atoms with Gasteiger partial charge in [0.2, 0.25) is 0 Å². The van der Waals surface area contributed by atoms with Gasteiger partial charge in [-0.1, -0.05) is 6.07 Å². The van der Waals surface area contributed by atoms with Crippen LogP contribution < -0.4 is 5.56 Å². The van der Waals surface area contributed by atoms with Crippen molar-refractivity contribution in [1.82, 2.24) is 4.98 Å². The highest BCUT2D eigenvalue weighted by atomic mass is 32.2. The molecule has 4 nitrogen and oxygen atoms in total. The molecule has 0 atom stereocenters. The average molecular weight is 278 g/mol. The van der Waals surface area contributed by atoms with E-state index in [2.05, 4.69) is 11.1 Å². The van der Waals surface area contributed by atoms with Gasteiger partial charge in [-0.05, 0) is 17.5 Å². The Morgan fingerprint density at radius 3 is 3.00 bits per heavy atom. The summed E-state index contributed by atoms with van der Waals surface area (Å²) in [6, 6.07) is 7.37. The quantitative estimate of drug-likeness (QED) is 0.839. The van der Waals surface area contributed by atoms with Crippen molar-refractivity contribution in [1.29, 1.82) is 5.26 Å². The van der Waals surface area contributed by atoms with E-state index in [1.54, 1.807) is 6.07 Å². The van der Waals surface area contributed by atoms with Crippen LogP contribution >= 0.6 is 23.1 Å². The molecule has 0 saturated heterocycles. The standard InChI is InChI=1S/C12H10N2O2S2/c13-7-8-6-9(10-2-1-4-17-10)11(16)14-12(8)18-5-3-15/h1-2,4,6,15H,3,5H2,(H,14,16). The SMILES string of the molecule is N#Cc1cc(-c2cccs2)c(=O)[nH]c1SCCO. The van der Waals surface area contributed by atoms with E-state index in [-0.39, 0.29) is 12.2 Å². The van der Waals surface area contributed by atoms with Crippen LogP contribution in [-0.4, -0.2) is 22.5 Å². The summed E-state index contributed by atoms with van der Waals surface area (Å²) < 4.78 is 0. The molecule has 0 aliphatic carbocycles. The third-order valence-corrected chi connectivity index (χ3v) is 4.15. The number of pyridine rings is 1. The minimum absolute atomic E-state index is 0.00421. The molecule has 0 saturated carbocycles. The Morgan fingerprint density at radius 1 is 1.56 bits per heavy atom. The summed E-state index contributed by atoms with van der Waals surface area (Å²) in [5.41, 5.74) is 0.725. The summed E-state index contributed by atoms with van der Waals surface area (Å²) in [6.45, 7) is 0.00421. The zero-order valence-electron chi connectivity index (χ0n) is 9.34. The van der Waals surface area contributed by atoms with Gasteiger partial charge in [0.15, 0.2) is 0 Å². The largest absolute Gasteiger partial charge is 0.396 e. The van der Waals surface area contributed by atoms with Crippen molar-refractivity contribution < 1.29 is 5.11 Å². The van der Waals surface area contributed by atoms with Gasteiger partial charge in [-0.2, -0.15) is 5.26 Å². The molecule has 0 unspecified atom stereocenters. The lowest BCUT2D eigenvalue weighted by atomic mass is 10.2. The molecule has 0 aliphatic rings. The van der Waals surface area contributed by atoms with Gasteiger partial charge < -0.3 is 10.1 Å². The molecule has 0 spiro atoms. The van der Waals surface area contributed by atoms with E-state index in [4.69, 9.17) is 10.4 Å². The molecule has 18 heavy (non-hydrogen) atoms. The topological polar surface area (TPSA) is 76.9 Å². The zero-order valence-corrected chi connectivity index (χ0v) is 11.0. The van der Waals surface area contributed by atoms with Crippen molar-refractivity contribution in [3.63, 3.8) is 0 Å². The van der Waals surface area contributed by atoms with Gasteiger partial charge in [-0.25, -0.2) is 0 Å². The molecule has 0 aromatic carbocycles. The molecule has 6 heteroatoms. The summed E-state index contributed by atoms with van der Waals surface area (Å²) in [7, 11) is 0. The van der Waals surface area contributed by atoms with Crippen molar-refractivity contribution in [2.75, 3.05) is 12.4 Å². The van der Waals surface area contributed by atoms with Gasteiger partial charge in [0.1, 0.15) is 6.07 Å². The molecule has 0 radical (unpaired) electrons. The van der Waals surface area contributed by atoms with Crippen LogP contribution in [0.1, 0.15) is 5.56 Å². The maximum Gasteiger partial charge on any atom is 0.257 e. The second kappa shape index (κ2) is 5.87. The summed E-state index contributed by atoms with van der Waals surface area (Å²) >= 11 is 2.72. The van der Waals surface area contributed by atoms with Crippen molar-refractivity contribution in [3.8, 4) is 16.5 Å². The minimum atomic E-state index is -0.211. The third-order valence-electron chi connectivity index (χ3n) is 2.25. The smallest absolute Gasteiger partial charge is 0.257 e. The highest BCUT2D eigenvalue weighted by molar-refractivity contribution is 7.99. The molecule has 2 N–H and O–H groups in total. The van der Waals surface area contributed by atoms with E-state index in [0.29, 0.717) is 21.9 Å². The second-order valence-electron chi connectivity index (χ2n) is 3.42. The summed E-state index contributed by atoms with van der Waals surface area (Å²) in [4.78, 5) is 15.5. The van der Waals surface area contributed by atoms with E-state index < -0.39 is 0 Å². The Hall–Kier alpha value is -1.55. The van der Waals surface area contributed by atoms with Crippen LogP contribution in [0.4, 0.5) is 0 Å². The zero-order chi connectivity index (χ0) is 13.0. The molecular weight excluding hydrogens is 268 g/mol. The number of nitriles is 1. The number of aromatic amines is 1. The lowest BCUT2D eigenvalue weighted by Crippen LogP contribution is -2.11. The molecular formula is C12H10N2O2S2. The van der Waals surface area contributed by atoms with E-state index >= 15 is 0 Å². The first-order chi connectivity index (χ1) is 8.76. The molecule has 2 heterocycles. The number of hydrogen-bond acceptors (Lipinski definition) is 5. The predicted molar refractivity (Wildman–Crippen MR) is 72.9 cm³/mol. The van der Waals surface area contributed by atoms with Crippen molar-refractivity contribution >= 4 is 23.1 Å². The Labute approximate surface area is 112 Å². The van der Waals surface area contributed by atoms with E-state index in [1.165, 1.54) is 23.1 Å². The van der Waals surface area contributed by atoms with Crippen LogP contribution in [0.5, 0.6) is 0 Å². The van der Waals surface area contributed by atoms with Crippen LogP contribution in [0.3, 0.4) is 0 Å². The molecule has 92 valence electrons. The maximum atomic E-state index is 11.9. The first-order valence-electron chi connectivity index (χ1n) is 5.21. The van der Waals surface area contributed by atoms with Crippen LogP contribution in [0.25, 0.3) is 10.4 Å². The summed E-state index contributed by atoms with van der Waals surface area (Å²) in [6.07, 6.45) is 0. The van der Waals surface area contributed by atoms with Gasteiger partial charge >= 0.3 is 0 Å². The fourth-order valence-corrected chi connectivity index (χ4v) is 2.93. The fraction of sp³-hybridized carbons (Fsp3) is 0.167. The van der Waals surface area contributed by atoms with Crippen LogP contribution in [0.2, 0.25) is 0 Å². The van der Waals surface area contributed by atoms with E-state index in [1.807, 2.05) is 17.5 Å². The molecule has 0 bridgehead atoms. The predicted octanol–water partition coefficient (Wildman–Crippen LogP) is 2.06. The number of aromatic nitrogens is 1. The minimum Gasteiger partial charge on any atom is -0.396 e. The highest BCUT2D eigenvalue weighted by Gasteiger charge is 2.11. The normalized spacial score (nSPS) is 10.2. The second-order valence-corrected chi connectivity index (χ2v) is 5.47. The number of nitrogens with zero attached hydrogens (tertiary/aromatic N) is 1. The number of thiophene rings is 1. The molecule has 2 aromatic rings. The molecule has 0 fully saturated rings.